The van der Waals surface area contributed by atoms with Crippen LogP contribution in [0.3, 0.4) is 0 Å². The maximum atomic E-state index is 12.3. The third kappa shape index (κ3) is 5.88. The second-order valence-electron chi connectivity index (χ2n) is 6.01. The summed E-state index contributed by atoms with van der Waals surface area (Å²) in [5.41, 5.74) is 1.02. The number of thioether (sulfide) groups is 1. The molecule has 0 unspecified atom stereocenters. The van der Waals surface area contributed by atoms with Gasteiger partial charge in [0, 0.05) is 17.3 Å². The summed E-state index contributed by atoms with van der Waals surface area (Å²) in [5.74, 6) is 1.42. The van der Waals surface area contributed by atoms with Gasteiger partial charge in [0.2, 0.25) is 11.9 Å². The van der Waals surface area contributed by atoms with Crippen LogP contribution in [0.4, 0.5) is 5.95 Å². The molecular weight excluding hydrogens is 431 g/mol. The minimum atomic E-state index is -0.207. The number of rotatable bonds is 9. The Morgan fingerprint density at radius 1 is 1.10 bits per heavy atom. The zero-order valence-corrected chi connectivity index (χ0v) is 18.1. The fraction of sp³-hybridized carbons (Fsp3) is 0.250. The number of hydrogen-bond acceptors (Lipinski definition) is 5. The van der Waals surface area contributed by atoms with E-state index in [1.165, 1.54) is 11.8 Å². The molecule has 0 atom stereocenters. The molecule has 6 nitrogen and oxygen atoms in total. The van der Waals surface area contributed by atoms with E-state index in [0.717, 1.165) is 15.7 Å². The molecule has 3 rings (SSSR count). The van der Waals surface area contributed by atoms with Crippen LogP contribution >= 0.6 is 35.0 Å². The Labute approximate surface area is 183 Å². The first-order chi connectivity index (χ1) is 14.1. The van der Waals surface area contributed by atoms with Crippen LogP contribution in [0.1, 0.15) is 18.9 Å². The molecule has 1 heterocycles. The number of nitrogens with zero attached hydrogens (tertiary/aromatic N) is 3. The second kappa shape index (κ2) is 10.5. The van der Waals surface area contributed by atoms with Crippen molar-refractivity contribution in [1.29, 1.82) is 0 Å². The van der Waals surface area contributed by atoms with E-state index < -0.39 is 0 Å². The fourth-order valence-corrected chi connectivity index (χ4v) is 4.01. The van der Waals surface area contributed by atoms with Gasteiger partial charge >= 0.3 is 0 Å². The lowest BCUT2D eigenvalue weighted by atomic mass is 10.2. The van der Waals surface area contributed by atoms with Crippen molar-refractivity contribution in [3.05, 3.63) is 64.1 Å². The lowest BCUT2D eigenvalue weighted by Gasteiger charge is -2.10. The molecule has 3 aromatic rings. The van der Waals surface area contributed by atoms with E-state index >= 15 is 0 Å². The van der Waals surface area contributed by atoms with Gasteiger partial charge in [-0.1, -0.05) is 65.3 Å². The summed E-state index contributed by atoms with van der Waals surface area (Å²) in [4.78, 5) is 12.3. The maximum absolute atomic E-state index is 12.3. The minimum absolute atomic E-state index is 0.171. The van der Waals surface area contributed by atoms with Crippen molar-refractivity contribution >= 4 is 46.8 Å². The van der Waals surface area contributed by atoms with E-state index in [4.69, 9.17) is 27.9 Å². The first-order valence-corrected chi connectivity index (χ1v) is 10.8. The van der Waals surface area contributed by atoms with Crippen molar-refractivity contribution in [3.8, 4) is 5.75 Å². The van der Waals surface area contributed by atoms with Crippen molar-refractivity contribution < 1.29 is 9.53 Å². The number of amides is 1. The Morgan fingerprint density at radius 3 is 2.55 bits per heavy atom. The average Bonchev–Trinajstić information content (AvgIpc) is 3.10. The van der Waals surface area contributed by atoms with Crippen LogP contribution in [0.25, 0.3) is 0 Å². The number of carbonyl (C=O) groups excluding carboxylic acids is 1. The van der Waals surface area contributed by atoms with E-state index in [1.807, 2.05) is 47.9 Å². The van der Waals surface area contributed by atoms with Gasteiger partial charge in [-0.3, -0.25) is 14.7 Å². The SMILES string of the molecule is CCn1c(NC(=O)CCOc2ccccc2Cl)nnc1SCc1ccccc1Cl. The highest BCUT2D eigenvalue weighted by atomic mass is 35.5. The molecule has 29 heavy (non-hydrogen) atoms. The number of nitrogens with one attached hydrogen (secondary N) is 1. The van der Waals surface area contributed by atoms with Crippen molar-refractivity contribution in [3.63, 3.8) is 0 Å². The van der Waals surface area contributed by atoms with Crippen molar-refractivity contribution in [1.82, 2.24) is 14.8 Å². The molecule has 152 valence electrons. The lowest BCUT2D eigenvalue weighted by Crippen LogP contribution is -2.18. The van der Waals surface area contributed by atoms with Crippen LogP contribution in [0, 0.1) is 0 Å². The third-order valence-corrected chi connectivity index (χ3v) is 5.72. The highest BCUT2D eigenvalue weighted by Gasteiger charge is 2.14. The van der Waals surface area contributed by atoms with E-state index in [9.17, 15) is 4.79 Å². The largest absolute Gasteiger partial charge is 0.491 e. The van der Waals surface area contributed by atoms with Gasteiger partial charge in [-0.05, 0) is 30.7 Å². The molecule has 1 amide bonds. The number of carbonyl (C=O) groups is 1. The van der Waals surface area contributed by atoms with Crippen LogP contribution in [0.15, 0.2) is 53.7 Å². The lowest BCUT2D eigenvalue weighted by molar-refractivity contribution is -0.116. The van der Waals surface area contributed by atoms with Gasteiger partial charge in [-0.2, -0.15) is 0 Å². The summed E-state index contributed by atoms with van der Waals surface area (Å²) in [7, 11) is 0. The first-order valence-electron chi connectivity index (χ1n) is 9.05. The Hall–Kier alpha value is -2.22. The van der Waals surface area contributed by atoms with Crippen molar-refractivity contribution in [2.75, 3.05) is 11.9 Å². The molecule has 0 saturated heterocycles. The Morgan fingerprint density at radius 2 is 1.83 bits per heavy atom. The predicted molar refractivity (Wildman–Crippen MR) is 117 cm³/mol. The fourth-order valence-electron chi connectivity index (χ4n) is 2.53. The Balaban J connectivity index is 1.54. The van der Waals surface area contributed by atoms with E-state index in [2.05, 4.69) is 15.5 Å². The van der Waals surface area contributed by atoms with Gasteiger partial charge in [0.15, 0.2) is 5.16 Å². The molecule has 0 radical (unpaired) electrons. The quantitative estimate of drug-likeness (QED) is 0.447. The molecule has 1 N–H and O–H groups in total. The molecule has 0 spiro atoms. The third-order valence-electron chi connectivity index (χ3n) is 4.02. The molecule has 0 aliphatic heterocycles. The highest BCUT2D eigenvalue weighted by Crippen LogP contribution is 2.27. The predicted octanol–water partition coefficient (Wildman–Crippen LogP) is 5.30. The summed E-state index contributed by atoms with van der Waals surface area (Å²) in [6.07, 6.45) is 0.171. The van der Waals surface area contributed by atoms with E-state index in [1.54, 1.807) is 12.1 Å². The molecule has 0 fully saturated rings. The summed E-state index contributed by atoms with van der Waals surface area (Å²) < 4.78 is 7.41. The number of para-hydroxylation sites is 1. The minimum Gasteiger partial charge on any atom is -0.491 e. The van der Waals surface area contributed by atoms with Gasteiger partial charge in [0.05, 0.1) is 18.1 Å². The van der Waals surface area contributed by atoms with Gasteiger partial charge in [0.1, 0.15) is 5.75 Å². The summed E-state index contributed by atoms with van der Waals surface area (Å²) in [6, 6.07) is 14.8. The Bertz CT molecular complexity index is 981. The number of hydrogen-bond donors (Lipinski definition) is 1. The molecule has 0 saturated carbocycles. The highest BCUT2D eigenvalue weighted by molar-refractivity contribution is 7.98. The number of ether oxygens (including phenoxy) is 1. The number of halogens is 2. The van der Waals surface area contributed by atoms with Gasteiger partial charge in [-0.25, -0.2) is 0 Å². The molecule has 1 aromatic heterocycles. The second-order valence-corrected chi connectivity index (χ2v) is 7.76. The van der Waals surface area contributed by atoms with E-state index in [-0.39, 0.29) is 18.9 Å². The maximum Gasteiger partial charge on any atom is 0.231 e. The van der Waals surface area contributed by atoms with Crippen LogP contribution in [-0.2, 0) is 17.1 Å². The van der Waals surface area contributed by atoms with Gasteiger partial charge in [0.25, 0.3) is 0 Å². The zero-order valence-electron chi connectivity index (χ0n) is 15.8. The zero-order chi connectivity index (χ0) is 20.6. The molecular formula is C20H20Cl2N4O2S. The van der Waals surface area contributed by atoms with Crippen LogP contribution < -0.4 is 10.1 Å². The topological polar surface area (TPSA) is 69.0 Å². The smallest absolute Gasteiger partial charge is 0.231 e. The van der Waals surface area contributed by atoms with Gasteiger partial charge in [-0.15, -0.1) is 10.2 Å². The Kier molecular flexibility index (Phi) is 7.80. The van der Waals surface area contributed by atoms with Crippen molar-refractivity contribution in [2.45, 2.75) is 30.8 Å². The van der Waals surface area contributed by atoms with Crippen LogP contribution in [0.2, 0.25) is 10.0 Å². The monoisotopic (exact) mass is 450 g/mol. The van der Waals surface area contributed by atoms with Crippen LogP contribution in [0.5, 0.6) is 5.75 Å². The van der Waals surface area contributed by atoms with Gasteiger partial charge < -0.3 is 4.74 Å². The molecule has 0 aliphatic rings. The number of benzene rings is 2. The molecule has 2 aromatic carbocycles. The molecule has 0 aliphatic carbocycles. The first kappa shape index (κ1) is 21.5. The standard InChI is InChI=1S/C20H20Cl2N4O2S/c1-2-26-19(23-18(27)11-12-28-17-10-6-5-9-16(17)22)24-25-20(26)29-13-14-7-3-4-8-15(14)21/h3-10H,2,11-13H2,1H3,(H,23,24,27). The molecule has 9 heteroatoms. The molecule has 0 bridgehead atoms. The number of aromatic nitrogens is 3. The summed E-state index contributed by atoms with van der Waals surface area (Å²) in [5, 5.41) is 13.0. The number of anilines is 1. The summed E-state index contributed by atoms with van der Waals surface area (Å²) >= 11 is 13.8. The summed E-state index contributed by atoms with van der Waals surface area (Å²) in [6.45, 7) is 2.81. The normalized spacial score (nSPS) is 10.7. The average molecular weight is 451 g/mol. The van der Waals surface area contributed by atoms with Crippen LogP contribution in [-0.4, -0.2) is 27.3 Å². The van der Waals surface area contributed by atoms with E-state index in [0.29, 0.717) is 29.0 Å². The van der Waals surface area contributed by atoms with Crippen molar-refractivity contribution in [2.24, 2.45) is 0 Å².